The molecule has 1 aromatic heterocycles. The highest BCUT2D eigenvalue weighted by atomic mass is 79.9. The molecule has 1 aromatic carbocycles. The number of para-hydroxylation sites is 1. The molecule has 1 heterocycles. The summed E-state index contributed by atoms with van der Waals surface area (Å²) in [6, 6.07) is 8.13. The van der Waals surface area contributed by atoms with Gasteiger partial charge in [0.25, 0.3) is 0 Å². The van der Waals surface area contributed by atoms with E-state index in [0.29, 0.717) is 0 Å². The van der Waals surface area contributed by atoms with E-state index in [1.807, 2.05) is 23.7 Å². The van der Waals surface area contributed by atoms with Crippen molar-refractivity contribution < 1.29 is 9.90 Å². The molecule has 0 unspecified atom stereocenters. The van der Waals surface area contributed by atoms with E-state index in [-0.39, 0.29) is 5.33 Å². The second kappa shape index (κ2) is 5.72. The van der Waals surface area contributed by atoms with Crippen molar-refractivity contribution in [2.24, 2.45) is 0 Å². The number of rotatable bonds is 1. The molecule has 0 radical (unpaired) electrons. The van der Waals surface area contributed by atoms with Gasteiger partial charge in [-0.25, -0.2) is 4.98 Å². The lowest BCUT2D eigenvalue weighted by atomic mass is 10.3. The van der Waals surface area contributed by atoms with Crippen LogP contribution in [0.2, 0.25) is 0 Å². The van der Waals surface area contributed by atoms with E-state index in [2.05, 4.69) is 27.0 Å². The maximum absolute atomic E-state index is 9.32. The number of alkyl halides is 1. The molecule has 0 aliphatic rings. The van der Waals surface area contributed by atoms with Crippen LogP contribution in [0.1, 0.15) is 0 Å². The molecule has 1 N–H and O–H groups in total. The van der Waals surface area contributed by atoms with Gasteiger partial charge in [-0.3, -0.25) is 4.79 Å². The minimum Gasteiger partial charge on any atom is -0.481 e. The summed E-state index contributed by atoms with van der Waals surface area (Å²) < 4.78 is 1.26. The monoisotopic (exact) mass is 273 g/mol. The van der Waals surface area contributed by atoms with Crippen LogP contribution < -0.4 is 0 Å². The molecule has 14 heavy (non-hydrogen) atoms. The van der Waals surface area contributed by atoms with Gasteiger partial charge >= 0.3 is 5.97 Å². The van der Waals surface area contributed by atoms with Gasteiger partial charge in [0.2, 0.25) is 0 Å². The molecule has 5 heteroatoms. The van der Waals surface area contributed by atoms with Crippen LogP contribution in [-0.2, 0) is 4.79 Å². The molecule has 0 atom stereocenters. The van der Waals surface area contributed by atoms with Crippen molar-refractivity contribution in [2.45, 2.75) is 0 Å². The molecule has 0 amide bonds. The maximum Gasteiger partial charge on any atom is 0.314 e. The third-order valence-corrected chi connectivity index (χ3v) is 2.64. The fourth-order valence-corrected chi connectivity index (χ4v) is 1.48. The molecule has 2 aromatic rings. The van der Waals surface area contributed by atoms with Crippen molar-refractivity contribution >= 4 is 43.5 Å². The summed E-state index contributed by atoms with van der Waals surface area (Å²) in [7, 11) is 0. The van der Waals surface area contributed by atoms with E-state index in [0.717, 1.165) is 5.52 Å². The van der Waals surface area contributed by atoms with Gasteiger partial charge in [-0.2, -0.15) is 0 Å². The summed E-state index contributed by atoms with van der Waals surface area (Å²) in [4.78, 5) is 13.5. The molecule has 0 spiro atoms. The van der Waals surface area contributed by atoms with Crippen molar-refractivity contribution in [2.75, 3.05) is 5.33 Å². The smallest absolute Gasteiger partial charge is 0.314 e. The summed E-state index contributed by atoms with van der Waals surface area (Å²) in [5.41, 5.74) is 2.97. The number of fused-ring (bicyclic) bond motifs is 1. The largest absolute Gasteiger partial charge is 0.481 e. The first kappa shape index (κ1) is 11.1. The minimum atomic E-state index is -0.829. The zero-order chi connectivity index (χ0) is 10.4. The zero-order valence-corrected chi connectivity index (χ0v) is 9.59. The average molecular weight is 274 g/mol. The number of aliphatic carboxylic acids is 1. The van der Waals surface area contributed by atoms with Crippen LogP contribution in [0.3, 0.4) is 0 Å². The predicted molar refractivity (Wildman–Crippen MR) is 61.0 cm³/mol. The predicted octanol–water partition coefficient (Wildman–Crippen LogP) is 2.76. The standard InChI is InChI=1S/C7H5NS.C2H3BrO2/c1-2-4-7-6(3-1)8-5-9-7;3-1-2(4)5/h1-5H;1H2,(H,4,5). The van der Waals surface area contributed by atoms with Gasteiger partial charge < -0.3 is 5.11 Å². The van der Waals surface area contributed by atoms with Crippen LogP contribution in [0.15, 0.2) is 29.8 Å². The number of carboxylic acid groups (broad SMARTS) is 1. The van der Waals surface area contributed by atoms with Crippen LogP contribution in [0.4, 0.5) is 0 Å². The van der Waals surface area contributed by atoms with Crippen molar-refractivity contribution in [3.63, 3.8) is 0 Å². The third-order valence-electron chi connectivity index (χ3n) is 1.35. The lowest BCUT2D eigenvalue weighted by Crippen LogP contribution is -1.92. The molecule has 0 aliphatic heterocycles. The summed E-state index contributed by atoms with van der Waals surface area (Å²) in [5, 5.41) is 7.71. The number of carbonyl (C=O) groups is 1. The number of benzene rings is 1. The number of hydrogen-bond donors (Lipinski definition) is 1. The summed E-state index contributed by atoms with van der Waals surface area (Å²) in [5.74, 6) is -0.829. The Balaban J connectivity index is 0.000000171. The quantitative estimate of drug-likeness (QED) is 0.813. The summed E-state index contributed by atoms with van der Waals surface area (Å²) in [6.07, 6.45) is 0. The van der Waals surface area contributed by atoms with Crippen LogP contribution >= 0.6 is 27.3 Å². The molecule has 0 saturated heterocycles. The number of hydrogen-bond acceptors (Lipinski definition) is 3. The first-order valence-electron chi connectivity index (χ1n) is 3.80. The van der Waals surface area contributed by atoms with Gasteiger partial charge in [0.05, 0.1) is 15.7 Å². The Kier molecular flexibility index (Phi) is 4.55. The SMILES string of the molecule is O=C(O)CBr.c1ccc2scnc2c1. The number of thiazole rings is 1. The first-order valence-corrected chi connectivity index (χ1v) is 5.80. The molecule has 0 saturated carbocycles. The highest BCUT2D eigenvalue weighted by Gasteiger charge is 1.89. The molecular weight excluding hydrogens is 266 g/mol. The van der Waals surface area contributed by atoms with Gasteiger partial charge in [-0.1, -0.05) is 28.1 Å². The molecule has 0 fully saturated rings. The molecular formula is C9H8BrNO2S. The van der Waals surface area contributed by atoms with Gasteiger partial charge in [-0.05, 0) is 12.1 Å². The summed E-state index contributed by atoms with van der Waals surface area (Å²) in [6.45, 7) is 0. The summed E-state index contributed by atoms with van der Waals surface area (Å²) >= 11 is 4.39. The van der Waals surface area contributed by atoms with Crippen molar-refractivity contribution in [1.29, 1.82) is 0 Å². The minimum absolute atomic E-state index is 0.0347. The van der Waals surface area contributed by atoms with Crippen molar-refractivity contribution in [3.05, 3.63) is 29.8 Å². The second-order valence-electron chi connectivity index (χ2n) is 2.35. The topological polar surface area (TPSA) is 50.2 Å². The van der Waals surface area contributed by atoms with Gasteiger partial charge in [-0.15, -0.1) is 11.3 Å². The Bertz CT molecular complexity index is 386. The number of halogens is 1. The van der Waals surface area contributed by atoms with E-state index in [1.165, 1.54) is 4.70 Å². The maximum atomic E-state index is 9.32. The van der Waals surface area contributed by atoms with Gasteiger partial charge in [0, 0.05) is 0 Å². The van der Waals surface area contributed by atoms with E-state index >= 15 is 0 Å². The number of carboxylic acids is 1. The van der Waals surface area contributed by atoms with Gasteiger partial charge in [0.1, 0.15) is 5.33 Å². The highest BCUT2D eigenvalue weighted by molar-refractivity contribution is 9.09. The lowest BCUT2D eigenvalue weighted by molar-refractivity contribution is -0.133. The molecule has 0 bridgehead atoms. The number of nitrogens with zero attached hydrogens (tertiary/aromatic N) is 1. The van der Waals surface area contributed by atoms with Crippen molar-refractivity contribution in [1.82, 2.24) is 4.98 Å². The average Bonchev–Trinajstić information content (AvgIpc) is 2.66. The van der Waals surface area contributed by atoms with Crippen LogP contribution in [0.5, 0.6) is 0 Å². The first-order chi connectivity index (χ1) is 6.74. The fraction of sp³-hybridized carbons (Fsp3) is 0.111. The molecule has 2 rings (SSSR count). The van der Waals surface area contributed by atoms with Crippen LogP contribution in [0, 0.1) is 0 Å². The van der Waals surface area contributed by atoms with Crippen LogP contribution in [-0.4, -0.2) is 21.4 Å². The van der Waals surface area contributed by atoms with E-state index < -0.39 is 5.97 Å². The van der Waals surface area contributed by atoms with Gasteiger partial charge in [0.15, 0.2) is 0 Å². The third kappa shape index (κ3) is 3.43. The Morgan fingerprint density at radius 3 is 2.71 bits per heavy atom. The van der Waals surface area contributed by atoms with Crippen LogP contribution in [0.25, 0.3) is 10.2 Å². The van der Waals surface area contributed by atoms with E-state index in [1.54, 1.807) is 11.3 Å². The number of aromatic nitrogens is 1. The normalized spacial score (nSPS) is 9.21. The molecule has 3 nitrogen and oxygen atoms in total. The Hall–Kier alpha value is -0.940. The molecule has 74 valence electrons. The Labute approximate surface area is 93.5 Å². The Morgan fingerprint density at radius 1 is 1.50 bits per heavy atom. The Morgan fingerprint density at radius 2 is 2.14 bits per heavy atom. The van der Waals surface area contributed by atoms with E-state index in [9.17, 15) is 4.79 Å². The highest BCUT2D eigenvalue weighted by Crippen LogP contribution is 2.15. The second-order valence-corrected chi connectivity index (χ2v) is 3.79. The zero-order valence-electron chi connectivity index (χ0n) is 7.18. The van der Waals surface area contributed by atoms with E-state index in [4.69, 9.17) is 5.11 Å². The lowest BCUT2D eigenvalue weighted by Gasteiger charge is -1.80. The molecule has 0 aliphatic carbocycles. The van der Waals surface area contributed by atoms with Crippen molar-refractivity contribution in [3.8, 4) is 0 Å². The fourth-order valence-electron chi connectivity index (χ4n) is 0.803.